The Kier molecular flexibility index (Phi) is 5.04. The van der Waals surface area contributed by atoms with Crippen LogP contribution in [0.25, 0.3) is 0 Å². The molecular formula is C17H23BrN2O3S. The minimum Gasteiger partial charge on any atom is -0.309 e. The van der Waals surface area contributed by atoms with Crippen LogP contribution in [0.5, 0.6) is 0 Å². The zero-order valence-corrected chi connectivity index (χ0v) is 16.5. The number of nitrogens with zero attached hydrogens (tertiary/aromatic N) is 2. The van der Waals surface area contributed by atoms with Crippen LogP contribution in [0, 0.1) is 0 Å². The second kappa shape index (κ2) is 6.77. The average Bonchev–Trinajstić information content (AvgIpc) is 2.68. The molecule has 0 spiro atoms. The molecule has 1 saturated heterocycles. The number of hydrogen-bond donors (Lipinski definition) is 0. The molecule has 2 heterocycles. The third-order valence-electron chi connectivity index (χ3n) is 4.87. The fourth-order valence-electron chi connectivity index (χ4n) is 3.72. The first-order valence-corrected chi connectivity index (χ1v) is 10.7. The van der Waals surface area contributed by atoms with Gasteiger partial charge < -0.3 is 4.90 Å². The first kappa shape index (κ1) is 17.9. The Balaban J connectivity index is 2.04. The number of carbonyl (C=O) groups excluding carboxylic acids is 1. The van der Waals surface area contributed by atoms with E-state index in [-0.39, 0.29) is 16.8 Å². The number of halogens is 1. The summed E-state index contributed by atoms with van der Waals surface area (Å²) in [6, 6.07) is 3.59. The monoisotopic (exact) mass is 414 g/mol. The van der Waals surface area contributed by atoms with Crippen LogP contribution in [-0.4, -0.2) is 37.8 Å². The summed E-state index contributed by atoms with van der Waals surface area (Å²) < 4.78 is 28.4. The normalized spacial score (nSPS) is 22.3. The molecule has 7 heteroatoms. The molecule has 1 fully saturated rings. The predicted octanol–water partition coefficient (Wildman–Crippen LogP) is 3.31. The van der Waals surface area contributed by atoms with Gasteiger partial charge in [0.05, 0.1) is 4.90 Å². The zero-order valence-electron chi connectivity index (χ0n) is 14.1. The standard InChI is InChI=1S/C17H23BrN2O3S/c1-12-9-14-10-15(18)17(11-16(14)20(12)13(2)21)24(22,23)19-7-5-3-4-6-8-19/h10-12H,3-9H2,1-2H3/t12-/m1/s1. The second-order valence-corrected chi connectivity index (χ2v) is 9.43. The summed E-state index contributed by atoms with van der Waals surface area (Å²) in [7, 11) is -3.56. The van der Waals surface area contributed by atoms with Gasteiger partial charge in [-0.25, -0.2) is 8.42 Å². The van der Waals surface area contributed by atoms with Crippen molar-refractivity contribution in [2.45, 2.75) is 56.9 Å². The molecule has 24 heavy (non-hydrogen) atoms. The van der Waals surface area contributed by atoms with E-state index in [4.69, 9.17) is 0 Å². The summed E-state index contributed by atoms with van der Waals surface area (Å²) in [5, 5.41) is 0. The van der Waals surface area contributed by atoms with Gasteiger partial charge in [0, 0.05) is 36.2 Å². The number of rotatable bonds is 2. The molecule has 1 amide bonds. The summed E-state index contributed by atoms with van der Waals surface area (Å²) in [4.78, 5) is 13.9. The van der Waals surface area contributed by atoms with Crippen molar-refractivity contribution < 1.29 is 13.2 Å². The van der Waals surface area contributed by atoms with Crippen LogP contribution < -0.4 is 4.90 Å². The van der Waals surface area contributed by atoms with Crippen molar-refractivity contribution in [1.82, 2.24) is 4.31 Å². The highest BCUT2D eigenvalue weighted by molar-refractivity contribution is 9.10. The van der Waals surface area contributed by atoms with Gasteiger partial charge in [-0.2, -0.15) is 4.31 Å². The molecule has 0 bridgehead atoms. The molecule has 5 nitrogen and oxygen atoms in total. The van der Waals surface area contributed by atoms with Crippen LogP contribution in [0.2, 0.25) is 0 Å². The first-order valence-electron chi connectivity index (χ1n) is 8.44. The number of fused-ring (bicyclic) bond motifs is 1. The highest BCUT2D eigenvalue weighted by atomic mass is 79.9. The minimum atomic E-state index is -3.56. The number of sulfonamides is 1. The van der Waals surface area contributed by atoms with Crippen LogP contribution in [0.4, 0.5) is 5.69 Å². The fourth-order valence-corrected chi connectivity index (χ4v) is 6.30. The smallest absolute Gasteiger partial charge is 0.244 e. The van der Waals surface area contributed by atoms with E-state index in [0.717, 1.165) is 43.4 Å². The summed E-state index contributed by atoms with van der Waals surface area (Å²) in [5.41, 5.74) is 1.74. The molecule has 0 aliphatic carbocycles. The van der Waals surface area contributed by atoms with E-state index in [9.17, 15) is 13.2 Å². The Morgan fingerprint density at radius 1 is 1.17 bits per heavy atom. The second-order valence-electron chi connectivity index (χ2n) is 6.67. The van der Waals surface area contributed by atoms with Crippen molar-refractivity contribution >= 4 is 37.5 Å². The van der Waals surface area contributed by atoms with E-state index in [2.05, 4.69) is 15.9 Å². The van der Waals surface area contributed by atoms with Crippen LogP contribution in [0.3, 0.4) is 0 Å². The lowest BCUT2D eigenvalue weighted by Crippen LogP contribution is -2.34. The van der Waals surface area contributed by atoms with Crippen molar-refractivity contribution in [3.8, 4) is 0 Å². The molecule has 3 rings (SSSR count). The molecule has 0 unspecified atom stereocenters. The largest absolute Gasteiger partial charge is 0.309 e. The molecule has 1 aromatic rings. The van der Waals surface area contributed by atoms with Gasteiger partial charge in [0.15, 0.2) is 0 Å². The average molecular weight is 415 g/mol. The van der Waals surface area contributed by atoms with Crippen molar-refractivity contribution in [2.75, 3.05) is 18.0 Å². The molecular weight excluding hydrogens is 392 g/mol. The maximum absolute atomic E-state index is 13.1. The highest BCUT2D eigenvalue weighted by Crippen LogP contribution is 2.39. The van der Waals surface area contributed by atoms with Crippen molar-refractivity contribution in [1.29, 1.82) is 0 Å². The third-order valence-corrected chi connectivity index (χ3v) is 7.73. The Morgan fingerprint density at radius 2 is 1.79 bits per heavy atom. The molecule has 0 saturated carbocycles. The number of benzene rings is 1. The molecule has 0 aromatic heterocycles. The Morgan fingerprint density at radius 3 is 2.38 bits per heavy atom. The molecule has 0 radical (unpaired) electrons. The molecule has 132 valence electrons. The number of amides is 1. The van der Waals surface area contributed by atoms with Gasteiger partial charge >= 0.3 is 0 Å². The third kappa shape index (κ3) is 3.13. The van der Waals surface area contributed by atoms with Crippen molar-refractivity contribution in [3.63, 3.8) is 0 Å². The maximum Gasteiger partial charge on any atom is 0.244 e. The van der Waals surface area contributed by atoms with Gasteiger partial charge in [0.1, 0.15) is 0 Å². The number of carbonyl (C=O) groups is 1. The van der Waals surface area contributed by atoms with E-state index in [1.807, 2.05) is 13.0 Å². The fraction of sp³-hybridized carbons (Fsp3) is 0.588. The van der Waals surface area contributed by atoms with Gasteiger partial charge in [-0.1, -0.05) is 12.8 Å². The minimum absolute atomic E-state index is 0.0540. The lowest BCUT2D eigenvalue weighted by Gasteiger charge is -2.23. The molecule has 2 aliphatic heterocycles. The maximum atomic E-state index is 13.1. The predicted molar refractivity (Wildman–Crippen MR) is 97.7 cm³/mol. The van der Waals surface area contributed by atoms with E-state index < -0.39 is 10.0 Å². The molecule has 2 aliphatic rings. The zero-order chi connectivity index (χ0) is 17.5. The number of hydrogen-bond acceptors (Lipinski definition) is 3. The quantitative estimate of drug-likeness (QED) is 0.745. The van der Waals surface area contributed by atoms with Crippen LogP contribution >= 0.6 is 15.9 Å². The topological polar surface area (TPSA) is 57.7 Å². The summed E-state index contributed by atoms with van der Waals surface area (Å²) in [6.45, 7) is 4.65. The van der Waals surface area contributed by atoms with Gasteiger partial charge in [0.2, 0.25) is 15.9 Å². The Hall–Kier alpha value is -0.920. The molecule has 1 aromatic carbocycles. The highest BCUT2D eigenvalue weighted by Gasteiger charge is 2.34. The van der Waals surface area contributed by atoms with Crippen LogP contribution in [0.1, 0.15) is 45.1 Å². The van der Waals surface area contributed by atoms with Gasteiger partial charge in [-0.3, -0.25) is 4.79 Å². The van der Waals surface area contributed by atoms with Gasteiger partial charge in [-0.05, 0) is 59.8 Å². The van der Waals surface area contributed by atoms with Gasteiger partial charge in [0.25, 0.3) is 0 Å². The SMILES string of the molecule is CC(=O)N1c2cc(S(=O)(=O)N3CCCCCC3)c(Br)cc2C[C@H]1C. The van der Waals surface area contributed by atoms with E-state index in [1.54, 1.807) is 15.3 Å². The molecule has 0 N–H and O–H groups in total. The lowest BCUT2D eigenvalue weighted by atomic mass is 10.1. The molecule has 1 atom stereocenters. The number of anilines is 1. The lowest BCUT2D eigenvalue weighted by molar-refractivity contribution is -0.116. The summed E-state index contributed by atoms with van der Waals surface area (Å²) in [5.74, 6) is -0.0540. The summed E-state index contributed by atoms with van der Waals surface area (Å²) >= 11 is 3.44. The van der Waals surface area contributed by atoms with Crippen LogP contribution in [0.15, 0.2) is 21.5 Å². The van der Waals surface area contributed by atoms with E-state index >= 15 is 0 Å². The van der Waals surface area contributed by atoms with E-state index in [0.29, 0.717) is 17.6 Å². The Labute approximate surface area is 152 Å². The van der Waals surface area contributed by atoms with E-state index in [1.165, 1.54) is 6.92 Å². The summed E-state index contributed by atoms with van der Waals surface area (Å²) in [6.07, 6.45) is 4.70. The van der Waals surface area contributed by atoms with Crippen LogP contribution in [-0.2, 0) is 21.2 Å². The van der Waals surface area contributed by atoms with Crippen molar-refractivity contribution in [2.24, 2.45) is 0 Å². The first-order chi connectivity index (χ1) is 11.3. The Bertz CT molecular complexity index is 755. The van der Waals surface area contributed by atoms with Gasteiger partial charge in [-0.15, -0.1) is 0 Å². The van der Waals surface area contributed by atoms with Crippen molar-refractivity contribution in [3.05, 3.63) is 22.2 Å².